The molecule has 1 N–H and O–H groups in total. The van der Waals surface area contributed by atoms with Gasteiger partial charge in [0.05, 0.1) is 6.10 Å². The Hall–Kier alpha value is 0.140. The Labute approximate surface area is 97.3 Å². The van der Waals surface area contributed by atoms with Crippen molar-refractivity contribution in [2.24, 2.45) is 5.92 Å². The van der Waals surface area contributed by atoms with Crippen LogP contribution in [0.1, 0.15) is 30.6 Å². The molecule has 0 saturated heterocycles. The summed E-state index contributed by atoms with van der Waals surface area (Å²) in [7, 11) is 0. The van der Waals surface area contributed by atoms with Gasteiger partial charge in [0.15, 0.2) is 0 Å². The minimum atomic E-state index is -0.143. The first-order chi connectivity index (χ1) is 6.75. The second-order valence-electron chi connectivity index (χ2n) is 4.08. The van der Waals surface area contributed by atoms with Crippen LogP contribution in [0.25, 0.3) is 0 Å². The molecule has 2 rings (SSSR count). The van der Waals surface area contributed by atoms with E-state index in [2.05, 4.69) is 27.4 Å². The molecule has 0 aromatic carbocycles. The van der Waals surface area contributed by atoms with E-state index in [1.54, 1.807) is 11.3 Å². The van der Waals surface area contributed by atoms with Crippen LogP contribution in [-0.4, -0.2) is 11.2 Å². The van der Waals surface area contributed by atoms with E-state index >= 15 is 0 Å². The summed E-state index contributed by atoms with van der Waals surface area (Å²) in [5.41, 5.74) is 0. The molecule has 1 saturated carbocycles. The van der Waals surface area contributed by atoms with E-state index in [0.717, 1.165) is 23.2 Å². The highest BCUT2D eigenvalue weighted by Crippen LogP contribution is 2.32. The highest BCUT2D eigenvalue weighted by molar-refractivity contribution is 9.10. The number of aliphatic hydroxyl groups is 1. The molecule has 14 heavy (non-hydrogen) atoms. The first kappa shape index (κ1) is 10.7. The van der Waals surface area contributed by atoms with Crippen molar-refractivity contribution in [3.63, 3.8) is 0 Å². The fourth-order valence-electron chi connectivity index (χ4n) is 1.88. The summed E-state index contributed by atoms with van der Waals surface area (Å²) in [6, 6.07) is 2.05. The van der Waals surface area contributed by atoms with Crippen LogP contribution >= 0.6 is 27.3 Å². The molecule has 1 aliphatic carbocycles. The summed E-state index contributed by atoms with van der Waals surface area (Å²) in [6.07, 6.45) is 5.67. The van der Waals surface area contributed by atoms with Gasteiger partial charge in [-0.15, -0.1) is 11.3 Å². The average Bonchev–Trinajstić information content (AvgIpc) is 2.45. The van der Waals surface area contributed by atoms with Gasteiger partial charge in [0.25, 0.3) is 0 Å². The second kappa shape index (κ2) is 4.77. The molecule has 1 heterocycles. The molecule has 1 aliphatic rings. The van der Waals surface area contributed by atoms with Crippen molar-refractivity contribution in [1.29, 1.82) is 0 Å². The lowest BCUT2D eigenvalue weighted by molar-refractivity contribution is 0.118. The molecule has 0 spiro atoms. The Bertz CT molecular complexity index is 293. The lowest BCUT2D eigenvalue weighted by Crippen LogP contribution is -2.20. The molecule has 1 nitrogen and oxygen atoms in total. The van der Waals surface area contributed by atoms with Crippen LogP contribution in [0.5, 0.6) is 0 Å². The predicted molar refractivity (Wildman–Crippen MR) is 63.7 cm³/mol. The van der Waals surface area contributed by atoms with Gasteiger partial charge in [0.2, 0.25) is 0 Å². The Morgan fingerprint density at radius 2 is 2.36 bits per heavy atom. The summed E-state index contributed by atoms with van der Waals surface area (Å²) in [6.45, 7) is 0. The van der Waals surface area contributed by atoms with Gasteiger partial charge in [0, 0.05) is 15.8 Å². The van der Waals surface area contributed by atoms with Crippen LogP contribution in [0, 0.1) is 5.92 Å². The van der Waals surface area contributed by atoms with Crippen molar-refractivity contribution in [3.05, 3.63) is 20.8 Å². The minimum absolute atomic E-state index is 0.143. The van der Waals surface area contributed by atoms with Crippen LogP contribution in [0.15, 0.2) is 15.9 Å². The van der Waals surface area contributed by atoms with Gasteiger partial charge in [-0.1, -0.05) is 19.3 Å². The lowest BCUT2D eigenvalue weighted by atomic mass is 9.81. The van der Waals surface area contributed by atoms with E-state index in [0.29, 0.717) is 0 Å². The van der Waals surface area contributed by atoms with Gasteiger partial charge in [-0.25, -0.2) is 0 Å². The van der Waals surface area contributed by atoms with E-state index in [-0.39, 0.29) is 6.10 Å². The third kappa shape index (κ3) is 2.59. The van der Waals surface area contributed by atoms with E-state index in [9.17, 15) is 5.11 Å². The summed E-state index contributed by atoms with van der Waals surface area (Å²) in [5.74, 6) is 0.795. The Kier molecular flexibility index (Phi) is 3.63. The molecule has 1 atom stereocenters. The largest absolute Gasteiger partial charge is 0.393 e. The normalized spacial score (nSPS) is 19.3. The molecule has 1 aromatic rings. The van der Waals surface area contributed by atoms with E-state index < -0.39 is 0 Å². The van der Waals surface area contributed by atoms with Gasteiger partial charge < -0.3 is 5.11 Å². The molecule has 3 heteroatoms. The monoisotopic (exact) mass is 274 g/mol. The molecule has 0 amide bonds. The number of aliphatic hydroxyl groups excluding tert-OH is 1. The molecular formula is C11H15BrOS. The topological polar surface area (TPSA) is 20.2 Å². The summed E-state index contributed by atoms with van der Waals surface area (Å²) in [5, 5.41) is 11.9. The highest BCUT2D eigenvalue weighted by atomic mass is 79.9. The second-order valence-corrected chi connectivity index (χ2v) is 5.94. The van der Waals surface area contributed by atoms with Gasteiger partial charge in [-0.05, 0) is 39.7 Å². The van der Waals surface area contributed by atoms with Crippen molar-refractivity contribution < 1.29 is 5.11 Å². The zero-order valence-corrected chi connectivity index (χ0v) is 10.5. The van der Waals surface area contributed by atoms with Gasteiger partial charge in [0.1, 0.15) is 0 Å². The standard InChI is InChI=1S/C11H15BrOS/c12-10-4-5-14-11(10)7-9(13)6-8-2-1-3-8/h4-5,8-9,13H,1-3,6-7H2. The van der Waals surface area contributed by atoms with Crippen molar-refractivity contribution in [1.82, 2.24) is 0 Å². The minimum Gasteiger partial charge on any atom is -0.393 e. The summed E-state index contributed by atoms with van der Waals surface area (Å²) in [4.78, 5) is 1.27. The highest BCUT2D eigenvalue weighted by Gasteiger charge is 2.21. The van der Waals surface area contributed by atoms with E-state index in [1.165, 1.54) is 24.1 Å². The molecular weight excluding hydrogens is 260 g/mol. The molecule has 1 aromatic heterocycles. The molecule has 1 unspecified atom stereocenters. The Balaban J connectivity index is 1.81. The molecule has 78 valence electrons. The fourth-order valence-corrected chi connectivity index (χ4v) is 3.47. The number of hydrogen-bond donors (Lipinski definition) is 1. The van der Waals surface area contributed by atoms with Crippen molar-refractivity contribution in [2.75, 3.05) is 0 Å². The number of rotatable bonds is 4. The van der Waals surface area contributed by atoms with E-state index in [1.807, 2.05) is 0 Å². The van der Waals surface area contributed by atoms with Crippen LogP contribution in [0.3, 0.4) is 0 Å². The van der Waals surface area contributed by atoms with Gasteiger partial charge in [-0.3, -0.25) is 0 Å². The maximum Gasteiger partial charge on any atom is 0.0591 e. The van der Waals surface area contributed by atoms with Crippen LogP contribution in [-0.2, 0) is 6.42 Å². The van der Waals surface area contributed by atoms with Crippen LogP contribution in [0.2, 0.25) is 0 Å². The summed E-state index contributed by atoms with van der Waals surface area (Å²) >= 11 is 5.22. The van der Waals surface area contributed by atoms with Crippen molar-refractivity contribution in [3.8, 4) is 0 Å². The molecule has 0 radical (unpaired) electrons. The zero-order chi connectivity index (χ0) is 9.97. The van der Waals surface area contributed by atoms with Crippen LogP contribution < -0.4 is 0 Å². The smallest absolute Gasteiger partial charge is 0.0591 e. The molecule has 0 aliphatic heterocycles. The van der Waals surface area contributed by atoms with Crippen molar-refractivity contribution >= 4 is 27.3 Å². The first-order valence-corrected chi connectivity index (χ1v) is 6.83. The maximum atomic E-state index is 9.87. The SMILES string of the molecule is OC(Cc1sccc1Br)CC1CCC1. The lowest BCUT2D eigenvalue weighted by Gasteiger charge is -2.27. The zero-order valence-electron chi connectivity index (χ0n) is 8.08. The predicted octanol–water partition coefficient (Wildman–Crippen LogP) is 3.60. The number of hydrogen-bond acceptors (Lipinski definition) is 2. The third-order valence-corrected chi connectivity index (χ3v) is 4.89. The number of halogens is 1. The Morgan fingerprint density at radius 1 is 1.57 bits per heavy atom. The number of thiophene rings is 1. The molecule has 1 fully saturated rings. The maximum absolute atomic E-state index is 9.87. The van der Waals surface area contributed by atoms with Crippen LogP contribution in [0.4, 0.5) is 0 Å². The van der Waals surface area contributed by atoms with Gasteiger partial charge in [-0.2, -0.15) is 0 Å². The Morgan fingerprint density at radius 3 is 2.86 bits per heavy atom. The van der Waals surface area contributed by atoms with E-state index in [4.69, 9.17) is 0 Å². The third-order valence-electron chi connectivity index (χ3n) is 2.94. The average molecular weight is 275 g/mol. The molecule has 0 bridgehead atoms. The fraction of sp³-hybridized carbons (Fsp3) is 0.636. The summed E-state index contributed by atoms with van der Waals surface area (Å²) < 4.78 is 1.15. The quantitative estimate of drug-likeness (QED) is 0.890. The van der Waals surface area contributed by atoms with Gasteiger partial charge >= 0.3 is 0 Å². The first-order valence-electron chi connectivity index (χ1n) is 5.15. The van der Waals surface area contributed by atoms with Crippen molar-refractivity contribution in [2.45, 2.75) is 38.2 Å².